The Kier molecular flexibility index (Phi) is 3.60. The Morgan fingerprint density at radius 2 is 2.06 bits per heavy atom. The molecule has 0 bridgehead atoms. The van der Waals surface area contributed by atoms with Crippen LogP contribution in [0.15, 0.2) is 35.4 Å². The minimum absolute atomic E-state index is 0.140. The van der Waals surface area contributed by atoms with E-state index in [2.05, 4.69) is 16.9 Å². The molecular formula is C13H13N3O2. The van der Waals surface area contributed by atoms with E-state index in [0.717, 1.165) is 11.1 Å². The lowest BCUT2D eigenvalue weighted by molar-refractivity contribution is 0.350. The van der Waals surface area contributed by atoms with Gasteiger partial charge in [0.1, 0.15) is 12.9 Å². The minimum Gasteiger partial charge on any atom is -0.384 e. The molecule has 2 rings (SSSR count). The number of hydrogen-bond acceptors (Lipinski definition) is 3. The van der Waals surface area contributed by atoms with E-state index in [4.69, 9.17) is 5.11 Å². The van der Waals surface area contributed by atoms with Crippen LogP contribution in [0, 0.1) is 11.8 Å². The summed E-state index contributed by atoms with van der Waals surface area (Å²) in [5.74, 6) is 5.39. The number of hydrogen-bond donors (Lipinski definition) is 1. The van der Waals surface area contributed by atoms with Gasteiger partial charge in [-0.1, -0.05) is 24.0 Å². The molecule has 1 aromatic carbocycles. The van der Waals surface area contributed by atoms with Gasteiger partial charge >= 0.3 is 5.69 Å². The van der Waals surface area contributed by atoms with Crippen molar-refractivity contribution in [3.63, 3.8) is 0 Å². The molecule has 0 aliphatic rings. The predicted molar refractivity (Wildman–Crippen MR) is 67.0 cm³/mol. The Balaban J connectivity index is 2.16. The van der Waals surface area contributed by atoms with Crippen molar-refractivity contribution in [3.05, 3.63) is 52.2 Å². The number of aromatic nitrogens is 3. The van der Waals surface area contributed by atoms with Gasteiger partial charge in [0.05, 0.1) is 6.54 Å². The van der Waals surface area contributed by atoms with Crippen molar-refractivity contribution in [2.45, 2.75) is 6.54 Å². The van der Waals surface area contributed by atoms with Gasteiger partial charge in [0.2, 0.25) is 0 Å². The Bertz CT molecular complexity index is 641. The Morgan fingerprint density at radius 3 is 2.61 bits per heavy atom. The van der Waals surface area contributed by atoms with E-state index in [0.29, 0.717) is 6.54 Å². The van der Waals surface area contributed by atoms with E-state index >= 15 is 0 Å². The zero-order valence-electron chi connectivity index (χ0n) is 10.00. The largest absolute Gasteiger partial charge is 0.384 e. The van der Waals surface area contributed by atoms with Gasteiger partial charge < -0.3 is 5.11 Å². The lowest BCUT2D eigenvalue weighted by Gasteiger charge is -2.00. The van der Waals surface area contributed by atoms with Gasteiger partial charge in [0.15, 0.2) is 0 Å². The molecule has 92 valence electrons. The summed E-state index contributed by atoms with van der Waals surface area (Å²) in [6.07, 6.45) is 1.49. The second kappa shape index (κ2) is 5.34. The van der Waals surface area contributed by atoms with Crippen LogP contribution in [0.25, 0.3) is 0 Å². The number of benzene rings is 1. The molecule has 0 amide bonds. The number of rotatable bonds is 2. The Labute approximate surface area is 104 Å². The third-order valence-corrected chi connectivity index (χ3v) is 2.48. The summed E-state index contributed by atoms with van der Waals surface area (Å²) < 4.78 is 2.83. The number of aliphatic hydroxyl groups excluding tert-OH is 1. The molecule has 0 atom stereocenters. The first-order chi connectivity index (χ1) is 8.70. The first kappa shape index (κ1) is 12.1. The molecule has 0 aliphatic carbocycles. The molecule has 5 heteroatoms. The lowest BCUT2D eigenvalue weighted by atomic mass is 10.1. The Hall–Kier alpha value is -2.32. The molecule has 0 saturated heterocycles. The maximum atomic E-state index is 11.6. The molecule has 0 saturated carbocycles. The molecule has 5 nitrogen and oxygen atoms in total. The van der Waals surface area contributed by atoms with E-state index < -0.39 is 0 Å². The van der Waals surface area contributed by atoms with Gasteiger partial charge in [0, 0.05) is 12.6 Å². The molecule has 0 fully saturated rings. The van der Waals surface area contributed by atoms with Crippen molar-refractivity contribution in [1.82, 2.24) is 14.3 Å². The van der Waals surface area contributed by atoms with Crippen LogP contribution in [0.5, 0.6) is 0 Å². The summed E-state index contributed by atoms with van der Waals surface area (Å²) in [7, 11) is 1.67. The number of aliphatic hydroxyl groups is 1. The maximum absolute atomic E-state index is 11.6. The zero-order valence-corrected chi connectivity index (χ0v) is 10.00. The smallest absolute Gasteiger partial charge is 0.345 e. The zero-order chi connectivity index (χ0) is 13.0. The lowest BCUT2D eigenvalue weighted by Crippen LogP contribution is -2.23. The van der Waals surface area contributed by atoms with Crippen molar-refractivity contribution in [1.29, 1.82) is 0 Å². The topological polar surface area (TPSA) is 60.1 Å². The summed E-state index contributed by atoms with van der Waals surface area (Å²) in [6, 6.07) is 7.49. The van der Waals surface area contributed by atoms with Crippen molar-refractivity contribution in [2.24, 2.45) is 7.05 Å². The molecule has 0 radical (unpaired) electrons. The van der Waals surface area contributed by atoms with Crippen LogP contribution in [0.1, 0.15) is 11.1 Å². The number of aryl methyl sites for hydroxylation is 1. The van der Waals surface area contributed by atoms with Crippen molar-refractivity contribution in [2.75, 3.05) is 6.61 Å². The molecule has 1 aromatic heterocycles. The maximum Gasteiger partial charge on any atom is 0.345 e. The van der Waals surface area contributed by atoms with Gasteiger partial charge in [-0.25, -0.2) is 9.48 Å². The average Bonchev–Trinajstić information content (AvgIpc) is 2.70. The van der Waals surface area contributed by atoms with Crippen LogP contribution in [0.3, 0.4) is 0 Å². The van der Waals surface area contributed by atoms with Crippen LogP contribution < -0.4 is 5.69 Å². The van der Waals surface area contributed by atoms with Gasteiger partial charge in [-0.05, 0) is 17.7 Å². The summed E-state index contributed by atoms with van der Waals surface area (Å²) in [5.41, 5.74) is 1.67. The van der Waals surface area contributed by atoms with E-state index in [9.17, 15) is 4.79 Å². The Morgan fingerprint density at radius 1 is 1.33 bits per heavy atom. The summed E-state index contributed by atoms with van der Waals surface area (Å²) >= 11 is 0. The van der Waals surface area contributed by atoms with E-state index in [-0.39, 0.29) is 12.3 Å². The minimum atomic E-state index is -0.148. The third kappa shape index (κ3) is 2.67. The highest BCUT2D eigenvalue weighted by atomic mass is 16.2. The molecule has 1 heterocycles. The van der Waals surface area contributed by atoms with E-state index in [1.807, 2.05) is 24.3 Å². The van der Waals surface area contributed by atoms with E-state index in [1.54, 1.807) is 7.05 Å². The fraction of sp³-hybridized carbons (Fsp3) is 0.231. The first-order valence-corrected chi connectivity index (χ1v) is 5.48. The molecule has 2 aromatic rings. The van der Waals surface area contributed by atoms with Crippen molar-refractivity contribution >= 4 is 0 Å². The predicted octanol–water partition coefficient (Wildman–Crippen LogP) is -0.0261. The average molecular weight is 243 g/mol. The highest BCUT2D eigenvalue weighted by molar-refractivity contribution is 5.36. The number of nitrogens with zero attached hydrogens (tertiary/aromatic N) is 3. The van der Waals surface area contributed by atoms with Crippen LogP contribution in [-0.4, -0.2) is 26.1 Å². The van der Waals surface area contributed by atoms with Gasteiger partial charge in [-0.2, -0.15) is 5.10 Å². The van der Waals surface area contributed by atoms with Crippen LogP contribution in [0.4, 0.5) is 0 Å². The standard InChI is InChI=1S/C13H13N3O2/c1-15-10-14-16(13(15)18)9-12-6-4-11(5-7-12)3-2-8-17/h4-7,10,17H,8-9H2,1H3. The fourth-order valence-electron chi connectivity index (χ4n) is 1.54. The normalized spacial score (nSPS) is 9.89. The molecular weight excluding hydrogens is 230 g/mol. The van der Waals surface area contributed by atoms with Gasteiger partial charge in [-0.3, -0.25) is 4.57 Å². The molecule has 1 N–H and O–H groups in total. The summed E-state index contributed by atoms with van der Waals surface area (Å²) in [4.78, 5) is 11.6. The third-order valence-electron chi connectivity index (χ3n) is 2.48. The highest BCUT2D eigenvalue weighted by Crippen LogP contribution is 2.04. The summed E-state index contributed by atoms with van der Waals surface area (Å²) in [6.45, 7) is 0.290. The molecule has 0 aliphatic heterocycles. The van der Waals surface area contributed by atoms with Gasteiger partial charge in [0.25, 0.3) is 0 Å². The van der Waals surface area contributed by atoms with Crippen LogP contribution in [0.2, 0.25) is 0 Å². The van der Waals surface area contributed by atoms with Crippen LogP contribution in [-0.2, 0) is 13.6 Å². The highest BCUT2D eigenvalue weighted by Gasteiger charge is 2.02. The second-order valence-electron chi connectivity index (χ2n) is 3.84. The SMILES string of the molecule is Cn1cnn(Cc2ccc(C#CCO)cc2)c1=O. The second-order valence-corrected chi connectivity index (χ2v) is 3.84. The van der Waals surface area contributed by atoms with Crippen LogP contribution >= 0.6 is 0 Å². The first-order valence-electron chi connectivity index (χ1n) is 5.48. The van der Waals surface area contributed by atoms with Gasteiger partial charge in [-0.15, -0.1) is 0 Å². The van der Waals surface area contributed by atoms with Crippen molar-refractivity contribution < 1.29 is 5.11 Å². The molecule has 0 unspecified atom stereocenters. The summed E-state index contributed by atoms with van der Waals surface area (Å²) in [5, 5.41) is 12.6. The monoisotopic (exact) mass is 243 g/mol. The van der Waals surface area contributed by atoms with E-state index in [1.165, 1.54) is 15.6 Å². The van der Waals surface area contributed by atoms with Crippen molar-refractivity contribution in [3.8, 4) is 11.8 Å². The molecule has 18 heavy (non-hydrogen) atoms. The quantitative estimate of drug-likeness (QED) is 0.754. The fourth-order valence-corrected chi connectivity index (χ4v) is 1.54. The molecule has 0 spiro atoms.